The highest BCUT2D eigenvalue weighted by Gasteiger charge is 2.49. The van der Waals surface area contributed by atoms with Crippen LogP contribution in [0, 0.1) is 12.8 Å². The van der Waals surface area contributed by atoms with E-state index in [0.717, 1.165) is 18.7 Å². The smallest absolute Gasteiger partial charge is 0.0681 e. The van der Waals surface area contributed by atoms with E-state index < -0.39 is 0 Å². The van der Waals surface area contributed by atoms with Gasteiger partial charge in [0.25, 0.3) is 0 Å². The van der Waals surface area contributed by atoms with Gasteiger partial charge in [0.2, 0.25) is 0 Å². The lowest BCUT2D eigenvalue weighted by Gasteiger charge is -2.33. The average Bonchev–Trinajstić information content (AvgIpc) is 2.55. The second-order valence-corrected chi connectivity index (χ2v) is 7.02. The summed E-state index contributed by atoms with van der Waals surface area (Å²) in [6.45, 7) is 14.0. The van der Waals surface area contributed by atoms with Gasteiger partial charge in [0, 0.05) is 12.1 Å². The lowest BCUT2D eigenvalue weighted by atomic mass is 9.79. The Morgan fingerprint density at radius 1 is 1.40 bits per heavy atom. The van der Waals surface area contributed by atoms with Crippen LogP contribution in [0.2, 0.25) is 0 Å². The number of ether oxygens (including phenoxy) is 1. The third-order valence-electron chi connectivity index (χ3n) is 4.31. The minimum absolute atomic E-state index is 0.0650. The van der Waals surface area contributed by atoms with Gasteiger partial charge in [-0.2, -0.15) is 0 Å². The molecule has 0 bridgehead atoms. The molecule has 1 saturated heterocycles. The summed E-state index contributed by atoms with van der Waals surface area (Å²) in [5.41, 5.74) is 2.21. The van der Waals surface area contributed by atoms with E-state index >= 15 is 0 Å². The fourth-order valence-corrected chi connectivity index (χ4v) is 3.60. The van der Waals surface area contributed by atoms with Crippen LogP contribution in [0.1, 0.15) is 58.3 Å². The normalized spacial score (nSPS) is 25.6. The molecule has 0 saturated carbocycles. The molecule has 20 heavy (non-hydrogen) atoms. The zero-order chi connectivity index (χ0) is 15.0. The second-order valence-electron chi connectivity index (χ2n) is 7.02. The standard InChI is InChI=1S/C17H28N2O/c1-7-18-15(14-12(2)9-8-10-19-14)13-11-16(3,4)20-17(13,5)6/h8-10,13,15,18H,7,11H2,1-6H3. The molecule has 0 radical (unpaired) electrons. The molecule has 1 aliphatic heterocycles. The van der Waals surface area contributed by atoms with E-state index in [1.807, 2.05) is 12.3 Å². The van der Waals surface area contributed by atoms with Gasteiger partial charge < -0.3 is 10.1 Å². The van der Waals surface area contributed by atoms with E-state index in [1.54, 1.807) is 0 Å². The highest BCUT2D eigenvalue weighted by molar-refractivity contribution is 5.23. The Hall–Kier alpha value is -0.930. The molecule has 2 atom stereocenters. The highest BCUT2D eigenvalue weighted by atomic mass is 16.5. The predicted molar refractivity (Wildman–Crippen MR) is 82.7 cm³/mol. The summed E-state index contributed by atoms with van der Waals surface area (Å²) in [5, 5.41) is 3.63. The van der Waals surface area contributed by atoms with Crippen molar-refractivity contribution < 1.29 is 4.74 Å². The second kappa shape index (κ2) is 5.45. The predicted octanol–water partition coefficient (Wildman–Crippen LogP) is 3.63. The van der Waals surface area contributed by atoms with E-state index in [9.17, 15) is 0 Å². The number of aryl methyl sites for hydroxylation is 1. The Morgan fingerprint density at radius 2 is 2.10 bits per heavy atom. The van der Waals surface area contributed by atoms with Gasteiger partial charge in [-0.1, -0.05) is 13.0 Å². The van der Waals surface area contributed by atoms with Crippen molar-refractivity contribution in [3.8, 4) is 0 Å². The molecular weight excluding hydrogens is 248 g/mol. The fraction of sp³-hybridized carbons (Fsp3) is 0.706. The third-order valence-corrected chi connectivity index (χ3v) is 4.31. The molecule has 0 amide bonds. The van der Waals surface area contributed by atoms with Crippen LogP contribution >= 0.6 is 0 Å². The van der Waals surface area contributed by atoms with Crippen molar-refractivity contribution in [1.29, 1.82) is 0 Å². The van der Waals surface area contributed by atoms with Crippen LogP contribution < -0.4 is 5.32 Å². The summed E-state index contributed by atoms with van der Waals surface area (Å²) in [5.74, 6) is 0.422. The molecule has 1 aromatic rings. The maximum absolute atomic E-state index is 6.27. The van der Waals surface area contributed by atoms with Gasteiger partial charge in [0.1, 0.15) is 0 Å². The van der Waals surface area contributed by atoms with Crippen LogP contribution in [0.5, 0.6) is 0 Å². The van der Waals surface area contributed by atoms with E-state index in [1.165, 1.54) is 5.56 Å². The summed E-state index contributed by atoms with van der Waals surface area (Å²) in [6, 6.07) is 4.39. The molecule has 112 valence electrons. The molecule has 3 heteroatoms. The summed E-state index contributed by atoms with van der Waals surface area (Å²) in [4.78, 5) is 4.64. The van der Waals surface area contributed by atoms with Gasteiger partial charge in [0.05, 0.1) is 22.9 Å². The molecule has 1 fully saturated rings. The SMILES string of the molecule is CCNC(c1ncccc1C)C1CC(C)(C)OC1(C)C. The Kier molecular flexibility index (Phi) is 4.22. The van der Waals surface area contributed by atoms with Crippen LogP contribution in [0.25, 0.3) is 0 Å². The third kappa shape index (κ3) is 3.04. The van der Waals surface area contributed by atoms with Crippen LogP contribution in [-0.2, 0) is 4.74 Å². The van der Waals surface area contributed by atoms with E-state index in [0.29, 0.717) is 5.92 Å². The number of nitrogens with zero attached hydrogens (tertiary/aromatic N) is 1. The fourth-order valence-electron chi connectivity index (χ4n) is 3.60. The largest absolute Gasteiger partial charge is 0.369 e. The maximum Gasteiger partial charge on any atom is 0.0681 e. The molecule has 0 spiro atoms. The van der Waals surface area contributed by atoms with Crippen molar-refractivity contribution in [2.24, 2.45) is 5.92 Å². The lowest BCUT2D eigenvalue weighted by Crippen LogP contribution is -2.39. The maximum atomic E-state index is 6.27. The molecule has 3 nitrogen and oxygen atoms in total. The summed E-state index contributed by atoms with van der Waals surface area (Å²) >= 11 is 0. The molecule has 2 heterocycles. The van der Waals surface area contributed by atoms with Crippen molar-refractivity contribution in [1.82, 2.24) is 10.3 Å². The zero-order valence-corrected chi connectivity index (χ0v) is 13.7. The van der Waals surface area contributed by atoms with Gasteiger partial charge in [-0.05, 0) is 59.2 Å². The number of pyridine rings is 1. The number of rotatable bonds is 4. The Balaban J connectivity index is 2.37. The molecule has 2 unspecified atom stereocenters. The summed E-state index contributed by atoms with van der Waals surface area (Å²) in [7, 11) is 0. The van der Waals surface area contributed by atoms with E-state index in [-0.39, 0.29) is 17.2 Å². The van der Waals surface area contributed by atoms with Gasteiger partial charge in [-0.3, -0.25) is 4.98 Å². The van der Waals surface area contributed by atoms with E-state index in [2.05, 4.69) is 57.9 Å². The van der Waals surface area contributed by atoms with Crippen molar-refractivity contribution >= 4 is 0 Å². The van der Waals surface area contributed by atoms with Gasteiger partial charge >= 0.3 is 0 Å². The number of hydrogen-bond donors (Lipinski definition) is 1. The molecule has 1 N–H and O–H groups in total. The Bertz CT molecular complexity index is 468. The first-order valence-electron chi connectivity index (χ1n) is 7.62. The van der Waals surface area contributed by atoms with E-state index in [4.69, 9.17) is 4.74 Å². The van der Waals surface area contributed by atoms with Crippen molar-refractivity contribution in [3.05, 3.63) is 29.6 Å². The van der Waals surface area contributed by atoms with Gasteiger partial charge in [-0.15, -0.1) is 0 Å². The average molecular weight is 276 g/mol. The summed E-state index contributed by atoms with van der Waals surface area (Å²) in [6.07, 6.45) is 2.94. The first kappa shape index (κ1) is 15.5. The summed E-state index contributed by atoms with van der Waals surface area (Å²) < 4.78 is 6.27. The molecule has 1 aromatic heterocycles. The van der Waals surface area contributed by atoms with Crippen LogP contribution in [0.4, 0.5) is 0 Å². The number of hydrogen-bond acceptors (Lipinski definition) is 3. The lowest BCUT2D eigenvalue weighted by molar-refractivity contribution is -0.0779. The molecule has 0 aliphatic carbocycles. The molecule has 2 rings (SSSR count). The van der Waals surface area contributed by atoms with Crippen molar-refractivity contribution in [3.63, 3.8) is 0 Å². The number of nitrogens with one attached hydrogen (secondary N) is 1. The quantitative estimate of drug-likeness (QED) is 0.911. The van der Waals surface area contributed by atoms with Crippen LogP contribution in [-0.4, -0.2) is 22.7 Å². The Labute approximate surface area is 123 Å². The Morgan fingerprint density at radius 3 is 2.60 bits per heavy atom. The van der Waals surface area contributed by atoms with Gasteiger partial charge in [-0.25, -0.2) is 0 Å². The van der Waals surface area contributed by atoms with Crippen LogP contribution in [0.3, 0.4) is 0 Å². The topological polar surface area (TPSA) is 34.2 Å². The minimum atomic E-state index is -0.139. The zero-order valence-electron chi connectivity index (χ0n) is 13.7. The molecule has 1 aliphatic rings. The van der Waals surface area contributed by atoms with Gasteiger partial charge in [0.15, 0.2) is 0 Å². The molecular formula is C17H28N2O. The first-order chi connectivity index (χ1) is 9.27. The van der Waals surface area contributed by atoms with Crippen molar-refractivity contribution in [2.45, 2.75) is 65.2 Å². The minimum Gasteiger partial charge on any atom is -0.369 e. The number of aromatic nitrogens is 1. The molecule has 0 aromatic carbocycles. The monoisotopic (exact) mass is 276 g/mol. The van der Waals surface area contributed by atoms with Crippen LogP contribution in [0.15, 0.2) is 18.3 Å². The first-order valence-corrected chi connectivity index (χ1v) is 7.62. The van der Waals surface area contributed by atoms with Crippen molar-refractivity contribution in [2.75, 3.05) is 6.54 Å². The highest BCUT2D eigenvalue weighted by Crippen LogP contribution is 2.47.